The Labute approximate surface area is 104 Å². The number of nitrogens with zero attached hydrogens (tertiary/aromatic N) is 3. The van der Waals surface area contributed by atoms with Gasteiger partial charge in [-0.3, -0.25) is 0 Å². The van der Waals surface area contributed by atoms with Crippen LogP contribution < -0.4 is 4.74 Å². The molecular weight excluding hydrogens is 237 g/mol. The number of ether oxygens (including phenoxy) is 1. The predicted molar refractivity (Wildman–Crippen MR) is 62.4 cm³/mol. The second kappa shape index (κ2) is 5.14. The zero-order valence-electron chi connectivity index (χ0n) is 10.2. The summed E-state index contributed by atoms with van der Waals surface area (Å²) in [7, 11) is 1.79. The van der Waals surface area contributed by atoms with Crippen molar-refractivity contribution in [1.29, 1.82) is 0 Å². The third-order valence-electron chi connectivity index (χ3n) is 2.59. The van der Waals surface area contributed by atoms with Gasteiger partial charge in [0.25, 0.3) is 0 Å². The van der Waals surface area contributed by atoms with Crippen LogP contribution in [0.15, 0.2) is 24.5 Å². The summed E-state index contributed by atoms with van der Waals surface area (Å²) in [5, 5.41) is 17.1. The molecule has 0 saturated heterocycles. The van der Waals surface area contributed by atoms with Crippen LogP contribution in [0.2, 0.25) is 0 Å². The molecule has 0 aliphatic heterocycles. The molecule has 0 unspecified atom stereocenters. The molecule has 1 aromatic carbocycles. The van der Waals surface area contributed by atoms with E-state index < -0.39 is 11.9 Å². The summed E-state index contributed by atoms with van der Waals surface area (Å²) in [5.74, 6) is 0.524. The molecule has 0 saturated carbocycles. The number of halogens is 1. The molecule has 2 aromatic rings. The number of rotatable bonds is 4. The molecule has 0 aliphatic carbocycles. The normalized spacial score (nSPS) is 12.4. The number of aromatic nitrogens is 3. The number of hydrogen-bond donors (Lipinski definition) is 1. The van der Waals surface area contributed by atoms with Crippen LogP contribution in [0.5, 0.6) is 5.75 Å². The highest BCUT2D eigenvalue weighted by Crippen LogP contribution is 2.26. The molecule has 0 amide bonds. The van der Waals surface area contributed by atoms with Crippen molar-refractivity contribution in [2.45, 2.75) is 19.6 Å². The number of aryl methyl sites for hydroxylation is 1. The molecular formula is C12H14FN3O2. The van der Waals surface area contributed by atoms with Crippen LogP contribution in [0.25, 0.3) is 0 Å². The van der Waals surface area contributed by atoms with E-state index in [2.05, 4.69) is 10.2 Å². The fourth-order valence-electron chi connectivity index (χ4n) is 1.56. The number of aliphatic hydroxyl groups excluding tert-OH is 1. The monoisotopic (exact) mass is 251 g/mol. The Morgan fingerprint density at radius 2 is 2.28 bits per heavy atom. The summed E-state index contributed by atoms with van der Waals surface area (Å²) < 4.78 is 20.4. The Hall–Kier alpha value is -1.95. The molecule has 18 heavy (non-hydrogen) atoms. The smallest absolute Gasteiger partial charge is 0.170 e. The Kier molecular flexibility index (Phi) is 3.57. The first-order chi connectivity index (χ1) is 8.58. The molecule has 0 bridgehead atoms. The standard InChI is InChI=1S/C12H14FN3O2/c1-8(17)10-4-3-9(13)5-11(10)18-6-12-15-14-7-16(12)2/h3-5,7-8,17H,6H2,1-2H3/t8-/m0/s1. The molecule has 1 atom stereocenters. The van der Waals surface area contributed by atoms with Gasteiger partial charge in [0.15, 0.2) is 5.82 Å². The van der Waals surface area contributed by atoms with Gasteiger partial charge in [-0.15, -0.1) is 10.2 Å². The minimum absolute atomic E-state index is 0.166. The van der Waals surface area contributed by atoms with Crippen LogP contribution in [0.4, 0.5) is 4.39 Å². The van der Waals surface area contributed by atoms with Crippen molar-refractivity contribution in [1.82, 2.24) is 14.8 Å². The molecule has 0 spiro atoms. The molecule has 0 aliphatic rings. The maximum Gasteiger partial charge on any atom is 0.170 e. The van der Waals surface area contributed by atoms with Gasteiger partial charge in [0.05, 0.1) is 6.10 Å². The van der Waals surface area contributed by atoms with Crippen LogP contribution in [-0.4, -0.2) is 19.9 Å². The second-order valence-corrected chi connectivity index (χ2v) is 4.00. The minimum atomic E-state index is -0.722. The molecule has 96 valence electrons. The van der Waals surface area contributed by atoms with E-state index >= 15 is 0 Å². The average Bonchev–Trinajstić information content (AvgIpc) is 2.72. The van der Waals surface area contributed by atoms with Gasteiger partial charge in [0, 0.05) is 18.7 Å². The highest BCUT2D eigenvalue weighted by molar-refractivity contribution is 5.35. The summed E-state index contributed by atoms with van der Waals surface area (Å²) in [5.41, 5.74) is 0.540. The van der Waals surface area contributed by atoms with E-state index in [9.17, 15) is 9.50 Å². The van der Waals surface area contributed by atoms with E-state index in [1.54, 1.807) is 24.9 Å². The predicted octanol–water partition coefficient (Wildman–Crippen LogP) is 1.59. The SMILES string of the molecule is C[C@H](O)c1ccc(F)cc1OCc1nncn1C. The van der Waals surface area contributed by atoms with Gasteiger partial charge < -0.3 is 14.4 Å². The number of benzene rings is 1. The van der Waals surface area contributed by atoms with E-state index in [0.29, 0.717) is 17.1 Å². The Morgan fingerprint density at radius 3 is 2.89 bits per heavy atom. The number of aliphatic hydroxyl groups is 1. The van der Waals surface area contributed by atoms with E-state index in [1.165, 1.54) is 18.2 Å². The quantitative estimate of drug-likeness (QED) is 0.896. The maximum absolute atomic E-state index is 13.2. The second-order valence-electron chi connectivity index (χ2n) is 4.00. The molecule has 6 heteroatoms. The lowest BCUT2D eigenvalue weighted by molar-refractivity contribution is 0.189. The highest BCUT2D eigenvalue weighted by atomic mass is 19.1. The first-order valence-electron chi connectivity index (χ1n) is 5.51. The highest BCUT2D eigenvalue weighted by Gasteiger charge is 2.11. The van der Waals surface area contributed by atoms with Crippen LogP contribution in [0.3, 0.4) is 0 Å². The first kappa shape index (κ1) is 12.5. The molecule has 0 fully saturated rings. The first-order valence-corrected chi connectivity index (χ1v) is 5.51. The molecule has 1 aromatic heterocycles. The van der Waals surface area contributed by atoms with Gasteiger partial charge >= 0.3 is 0 Å². The van der Waals surface area contributed by atoms with Gasteiger partial charge in [-0.25, -0.2) is 4.39 Å². The molecule has 2 rings (SSSR count). The molecule has 5 nitrogen and oxygen atoms in total. The van der Waals surface area contributed by atoms with Gasteiger partial charge in [0.2, 0.25) is 0 Å². The molecule has 1 heterocycles. The summed E-state index contributed by atoms with van der Waals surface area (Å²) >= 11 is 0. The van der Waals surface area contributed by atoms with Crippen LogP contribution in [-0.2, 0) is 13.7 Å². The topological polar surface area (TPSA) is 60.2 Å². The van der Waals surface area contributed by atoms with Crippen molar-refractivity contribution >= 4 is 0 Å². The van der Waals surface area contributed by atoms with Crippen molar-refractivity contribution in [3.8, 4) is 5.75 Å². The third kappa shape index (κ3) is 2.65. The van der Waals surface area contributed by atoms with Crippen molar-refractivity contribution < 1.29 is 14.2 Å². The van der Waals surface area contributed by atoms with Crippen LogP contribution in [0.1, 0.15) is 24.4 Å². The Morgan fingerprint density at radius 1 is 1.50 bits per heavy atom. The third-order valence-corrected chi connectivity index (χ3v) is 2.59. The molecule has 1 N–H and O–H groups in total. The zero-order valence-corrected chi connectivity index (χ0v) is 10.2. The lowest BCUT2D eigenvalue weighted by atomic mass is 10.1. The van der Waals surface area contributed by atoms with E-state index in [-0.39, 0.29) is 6.61 Å². The van der Waals surface area contributed by atoms with Crippen molar-refractivity contribution in [2.75, 3.05) is 0 Å². The van der Waals surface area contributed by atoms with E-state index in [4.69, 9.17) is 4.74 Å². The lowest BCUT2D eigenvalue weighted by Crippen LogP contribution is -2.05. The number of hydrogen-bond acceptors (Lipinski definition) is 4. The van der Waals surface area contributed by atoms with Crippen LogP contribution in [0, 0.1) is 5.82 Å². The Bertz CT molecular complexity index is 540. The van der Waals surface area contributed by atoms with Gasteiger partial charge in [-0.05, 0) is 19.1 Å². The van der Waals surface area contributed by atoms with Crippen molar-refractivity contribution in [3.63, 3.8) is 0 Å². The van der Waals surface area contributed by atoms with Crippen molar-refractivity contribution in [2.24, 2.45) is 7.05 Å². The fourth-order valence-corrected chi connectivity index (χ4v) is 1.56. The lowest BCUT2D eigenvalue weighted by Gasteiger charge is -2.13. The summed E-state index contributed by atoms with van der Waals surface area (Å²) in [4.78, 5) is 0. The fraction of sp³-hybridized carbons (Fsp3) is 0.333. The van der Waals surface area contributed by atoms with E-state index in [0.717, 1.165) is 0 Å². The zero-order chi connectivity index (χ0) is 13.1. The summed E-state index contributed by atoms with van der Waals surface area (Å²) in [6, 6.07) is 4.04. The Balaban J connectivity index is 2.18. The van der Waals surface area contributed by atoms with Crippen LogP contribution >= 0.6 is 0 Å². The van der Waals surface area contributed by atoms with E-state index in [1.807, 2.05) is 0 Å². The average molecular weight is 251 g/mol. The van der Waals surface area contributed by atoms with Crippen molar-refractivity contribution in [3.05, 3.63) is 41.7 Å². The minimum Gasteiger partial charge on any atom is -0.485 e. The largest absolute Gasteiger partial charge is 0.485 e. The summed E-state index contributed by atoms with van der Waals surface area (Å²) in [6.07, 6.45) is 0.833. The van der Waals surface area contributed by atoms with Gasteiger partial charge in [-0.1, -0.05) is 0 Å². The maximum atomic E-state index is 13.2. The van der Waals surface area contributed by atoms with Gasteiger partial charge in [-0.2, -0.15) is 0 Å². The molecule has 0 radical (unpaired) electrons. The van der Waals surface area contributed by atoms with Gasteiger partial charge in [0.1, 0.15) is 24.5 Å². The summed E-state index contributed by atoms with van der Waals surface area (Å²) in [6.45, 7) is 1.77.